The second kappa shape index (κ2) is 4.52. The molecule has 15 heavy (non-hydrogen) atoms. The summed E-state index contributed by atoms with van der Waals surface area (Å²) in [7, 11) is 0. The Kier molecular flexibility index (Phi) is 3.29. The van der Waals surface area contributed by atoms with Crippen molar-refractivity contribution >= 4 is 11.6 Å². The number of β-amino-alcohol motifs (C(OH)–C–C–N with tert-alkyl or cyclic N) is 1. The van der Waals surface area contributed by atoms with Crippen LogP contribution in [-0.2, 0) is 6.54 Å². The molecule has 2 rings (SSSR count). The molecule has 0 amide bonds. The minimum absolute atomic E-state index is 0.149. The van der Waals surface area contributed by atoms with Gasteiger partial charge in [0.15, 0.2) is 0 Å². The second-order valence-corrected chi connectivity index (χ2v) is 4.61. The molecule has 3 heteroatoms. The van der Waals surface area contributed by atoms with E-state index in [1.807, 2.05) is 19.1 Å². The highest BCUT2D eigenvalue weighted by Gasteiger charge is 2.20. The molecule has 1 heterocycles. The van der Waals surface area contributed by atoms with Crippen LogP contribution in [0.4, 0.5) is 0 Å². The van der Waals surface area contributed by atoms with Crippen LogP contribution in [0, 0.1) is 6.92 Å². The van der Waals surface area contributed by atoms with Crippen LogP contribution in [0.25, 0.3) is 0 Å². The maximum atomic E-state index is 9.43. The Morgan fingerprint density at radius 3 is 3.00 bits per heavy atom. The fraction of sp³-hybridized carbons (Fsp3) is 0.500. The summed E-state index contributed by atoms with van der Waals surface area (Å²) in [5.41, 5.74) is 2.41. The number of aliphatic hydroxyl groups excluding tert-OH is 1. The Hall–Kier alpha value is -0.570. The zero-order valence-corrected chi connectivity index (χ0v) is 9.67. The molecule has 0 spiro atoms. The van der Waals surface area contributed by atoms with Crippen molar-refractivity contribution in [3.63, 3.8) is 0 Å². The van der Waals surface area contributed by atoms with E-state index < -0.39 is 0 Å². The molecule has 0 radical (unpaired) electrons. The van der Waals surface area contributed by atoms with Gasteiger partial charge in [-0.15, -0.1) is 0 Å². The normalized spacial score (nSPS) is 22.2. The van der Waals surface area contributed by atoms with Crippen LogP contribution >= 0.6 is 11.6 Å². The summed E-state index contributed by atoms with van der Waals surface area (Å²) >= 11 is 6.06. The molecule has 1 aliphatic heterocycles. The van der Waals surface area contributed by atoms with Crippen molar-refractivity contribution in [3.05, 3.63) is 34.3 Å². The lowest BCUT2D eigenvalue weighted by Crippen LogP contribution is -2.21. The molecule has 2 nitrogen and oxygen atoms in total. The van der Waals surface area contributed by atoms with Crippen molar-refractivity contribution in [2.75, 3.05) is 13.1 Å². The molecule has 1 aromatic carbocycles. The third kappa shape index (κ3) is 2.51. The lowest BCUT2D eigenvalue weighted by atomic mass is 10.1. The number of nitrogens with zero attached hydrogens (tertiary/aromatic N) is 1. The van der Waals surface area contributed by atoms with E-state index in [1.165, 1.54) is 5.56 Å². The molecule has 1 saturated heterocycles. The van der Waals surface area contributed by atoms with E-state index in [2.05, 4.69) is 11.0 Å². The summed E-state index contributed by atoms with van der Waals surface area (Å²) in [6.45, 7) is 4.70. The summed E-state index contributed by atoms with van der Waals surface area (Å²) in [6, 6.07) is 6.00. The van der Waals surface area contributed by atoms with Crippen LogP contribution in [-0.4, -0.2) is 29.2 Å². The number of hydrogen-bond acceptors (Lipinski definition) is 2. The number of benzene rings is 1. The van der Waals surface area contributed by atoms with Gasteiger partial charge in [-0.2, -0.15) is 0 Å². The van der Waals surface area contributed by atoms with Gasteiger partial charge in [0, 0.05) is 24.7 Å². The highest BCUT2D eigenvalue weighted by atomic mass is 35.5. The standard InChI is InChI=1S/C12H16ClNO/c1-9-10(3-2-4-12(9)13)7-14-6-5-11(15)8-14/h2-4,11,15H,5-8H2,1H3. The van der Waals surface area contributed by atoms with Gasteiger partial charge in [0.05, 0.1) is 6.10 Å². The number of halogens is 1. The first-order chi connectivity index (χ1) is 7.16. The Balaban J connectivity index is 2.07. The SMILES string of the molecule is Cc1c(Cl)cccc1CN1CCC(O)C1. The van der Waals surface area contributed by atoms with Crippen molar-refractivity contribution < 1.29 is 5.11 Å². The zero-order valence-electron chi connectivity index (χ0n) is 8.91. The maximum Gasteiger partial charge on any atom is 0.0679 e. The Morgan fingerprint density at radius 2 is 2.33 bits per heavy atom. The van der Waals surface area contributed by atoms with E-state index in [-0.39, 0.29) is 6.10 Å². The summed E-state index contributed by atoms with van der Waals surface area (Å²) in [4.78, 5) is 2.27. The predicted octanol–water partition coefficient (Wildman–Crippen LogP) is 2.22. The third-order valence-corrected chi connectivity index (χ3v) is 3.43. The van der Waals surface area contributed by atoms with Gasteiger partial charge in [0.1, 0.15) is 0 Å². The van der Waals surface area contributed by atoms with Crippen molar-refractivity contribution in [3.8, 4) is 0 Å². The van der Waals surface area contributed by atoms with E-state index in [0.717, 1.165) is 36.6 Å². The number of aliphatic hydroxyl groups is 1. The van der Waals surface area contributed by atoms with Crippen LogP contribution in [0.3, 0.4) is 0 Å². The minimum atomic E-state index is -0.149. The average molecular weight is 226 g/mol. The molecule has 0 saturated carbocycles. The topological polar surface area (TPSA) is 23.5 Å². The van der Waals surface area contributed by atoms with E-state index >= 15 is 0 Å². The summed E-state index contributed by atoms with van der Waals surface area (Å²) in [6.07, 6.45) is 0.740. The lowest BCUT2D eigenvalue weighted by Gasteiger charge is -2.16. The second-order valence-electron chi connectivity index (χ2n) is 4.20. The van der Waals surface area contributed by atoms with Gasteiger partial charge < -0.3 is 5.11 Å². The monoisotopic (exact) mass is 225 g/mol. The highest BCUT2D eigenvalue weighted by Crippen LogP contribution is 2.21. The zero-order chi connectivity index (χ0) is 10.8. The van der Waals surface area contributed by atoms with Gasteiger partial charge in [-0.1, -0.05) is 23.7 Å². The van der Waals surface area contributed by atoms with Gasteiger partial charge in [-0.3, -0.25) is 4.90 Å². The molecule has 1 N–H and O–H groups in total. The van der Waals surface area contributed by atoms with Crippen LogP contribution in [0.5, 0.6) is 0 Å². The summed E-state index contributed by atoms with van der Waals surface area (Å²) in [5.74, 6) is 0. The van der Waals surface area contributed by atoms with Crippen LogP contribution < -0.4 is 0 Å². The van der Waals surface area contributed by atoms with Gasteiger partial charge >= 0.3 is 0 Å². The average Bonchev–Trinajstić information content (AvgIpc) is 2.59. The van der Waals surface area contributed by atoms with E-state index in [9.17, 15) is 5.11 Å². The Bertz CT molecular complexity index is 353. The Labute approximate surface area is 95.5 Å². The predicted molar refractivity (Wildman–Crippen MR) is 62.1 cm³/mol. The molecule has 82 valence electrons. The van der Waals surface area contributed by atoms with Crippen molar-refractivity contribution in [2.45, 2.75) is 26.0 Å². The molecular formula is C12H16ClNO. The fourth-order valence-electron chi connectivity index (χ4n) is 2.02. The van der Waals surface area contributed by atoms with Gasteiger partial charge in [-0.25, -0.2) is 0 Å². The van der Waals surface area contributed by atoms with E-state index in [0.29, 0.717) is 0 Å². The molecular weight excluding hydrogens is 210 g/mol. The summed E-state index contributed by atoms with van der Waals surface area (Å²) in [5, 5.41) is 10.3. The molecule has 1 unspecified atom stereocenters. The van der Waals surface area contributed by atoms with Gasteiger partial charge in [0.25, 0.3) is 0 Å². The van der Waals surface area contributed by atoms with Gasteiger partial charge in [-0.05, 0) is 30.5 Å². The first-order valence-electron chi connectivity index (χ1n) is 5.31. The van der Waals surface area contributed by atoms with Gasteiger partial charge in [0.2, 0.25) is 0 Å². The fourth-order valence-corrected chi connectivity index (χ4v) is 2.21. The number of hydrogen-bond donors (Lipinski definition) is 1. The maximum absolute atomic E-state index is 9.43. The third-order valence-electron chi connectivity index (χ3n) is 3.02. The number of likely N-dealkylation sites (tertiary alicyclic amines) is 1. The quantitative estimate of drug-likeness (QED) is 0.835. The molecule has 1 aliphatic rings. The smallest absolute Gasteiger partial charge is 0.0679 e. The Morgan fingerprint density at radius 1 is 1.53 bits per heavy atom. The first-order valence-corrected chi connectivity index (χ1v) is 5.69. The molecule has 0 aromatic heterocycles. The first kappa shape index (κ1) is 10.9. The molecule has 1 aromatic rings. The van der Waals surface area contributed by atoms with Crippen molar-refractivity contribution in [1.29, 1.82) is 0 Å². The lowest BCUT2D eigenvalue weighted by molar-refractivity contribution is 0.174. The molecule has 1 fully saturated rings. The molecule has 0 bridgehead atoms. The molecule has 0 aliphatic carbocycles. The van der Waals surface area contributed by atoms with E-state index in [4.69, 9.17) is 11.6 Å². The number of rotatable bonds is 2. The molecule has 1 atom stereocenters. The van der Waals surface area contributed by atoms with Crippen LogP contribution in [0.2, 0.25) is 5.02 Å². The van der Waals surface area contributed by atoms with Crippen LogP contribution in [0.15, 0.2) is 18.2 Å². The highest BCUT2D eigenvalue weighted by molar-refractivity contribution is 6.31. The summed E-state index contributed by atoms with van der Waals surface area (Å²) < 4.78 is 0. The van der Waals surface area contributed by atoms with Crippen molar-refractivity contribution in [2.24, 2.45) is 0 Å². The largest absolute Gasteiger partial charge is 0.392 e. The van der Waals surface area contributed by atoms with Crippen LogP contribution in [0.1, 0.15) is 17.5 Å². The van der Waals surface area contributed by atoms with Crippen molar-refractivity contribution in [1.82, 2.24) is 4.90 Å². The van der Waals surface area contributed by atoms with E-state index in [1.54, 1.807) is 0 Å². The minimum Gasteiger partial charge on any atom is -0.392 e.